The molecule has 0 fully saturated rings. The van der Waals surface area contributed by atoms with Gasteiger partial charge in [-0.2, -0.15) is 0 Å². The molecule has 0 spiro atoms. The van der Waals surface area contributed by atoms with Crippen LogP contribution in [0.15, 0.2) is 24.3 Å². The highest BCUT2D eigenvalue weighted by Gasteiger charge is 2.22. The van der Waals surface area contributed by atoms with Crippen LogP contribution in [0.1, 0.15) is 31.4 Å². The van der Waals surface area contributed by atoms with Crippen molar-refractivity contribution in [2.24, 2.45) is 0 Å². The highest BCUT2D eigenvalue weighted by molar-refractivity contribution is 5.84. The monoisotopic (exact) mass is 335 g/mol. The summed E-state index contributed by atoms with van der Waals surface area (Å²) in [6.07, 6.45) is 1.47. The van der Waals surface area contributed by atoms with Crippen molar-refractivity contribution in [3.63, 3.8) is 0 Å². The van der Waals surface area contributed by atoms with Gasteiger partial charge < -0.3 is 25.4 Å². The van der Waals surface area contributed by atoms with Crippen LogP contribution in [0.3, 0.4) is 0 Å². The molecule has 1 heterocycles. The van der Waals surface area contributed by atoms with E-state index in [1.54, 1.807) is 7.11 Å². The number of ether oxygens (including phenoxy) is 2. The van der Waals surface area contributed by atoms with Crippen LogP contribution >= 0.6 is 0 Å². The lowest BCUT2D eigenvalue weighted by Gasteiger charge is -2.26. The number of amides is 3. The number of rotatable bonds is 7. The van der Waals surface area contributed by atoms with Crippen LogP contribution in [-0.4, -0.2) is 44.8 Å². The lowest BCUT2D eigenvalue weighted by atomic mass is 10.0. The second-order valence-corrected chi connectivity index (χ2v) is 5.68. The van der Waals surface area contributed by atoms with Gasteiger partial charge in [-0.1, -0.05) is 25.1 Å². The zero-order valence-electron chi connectivity index (χ0n) is 14.1. The number of fused-ring (bicyclic) bond motifs is 1. The first kappa shape index (κ1) is 18.1. The number of para-hydroxylation sites is 1. The number of nitrogens with one attached hydrogen (secondary N) is 3. The Labute approximate surface area is 142 Å². The smallest absolute Gasteiger partial charge is 0.315 e. The SMILES string of the molecule is CC[C@@H](COC)NC(=O)NCC(=O)N[C@@H]1CCOc2ccccc21. The van der Waals surface area contributed by atoms with E-state index in [2.05, 4.69) is 16.0 Å². The Balaban J connectivity index is 1.79. The Morgan fingerprint density at radius 2 is 2.17 bits per heavy atom. The molecule has 1 aromatic rings. The molecule has 2 rings (SSSR count). The maximum absolute atomic E-state index is 12.1. The normalized spacial score (nSPS) is 17.2. The van der Waals surface area contributed by atoms with Crippen LogP contribution in [-0.2, 0) is 9.53 Å². The third-order valence-corrected chi connectivity index (χ3v) is 3.90. The van der Waals surface area contributed by atoms with Crippen molar-refractivity contribution in [2.45, 2.75) is 31.8 Å². The average molecular weight is 335 g/mol. The first-order chi connectivity index (χ1) is 11.6. The van der Waals surface area contributed by atoms with Crippen LogP contribution in [0.5, 0.6) is 5.75 Å². The molecule has 1 aromatic carbocycles. The largest absolute Gasteiger partial charge is 0.493 e. The highest BCUT2D eigenvalue weighted by Crippen LogP contribution is 2.31. The fraction of sp³-hybridized carbons (Fsp3) is 0.529. The molecule has 7 nitrogen and oxygen atoms in total. The van der Waals surface area contributed by atoms with E-state index in [0.717, 1.165) is 17.7 Å². The van der Waals surface area contributed by atoms with Crippen LogP contribution in [0.4, 0.5) is 4.79 Å². The molecule has 132 valence electrons. The summed E-state index contributed by atoms with van der Waals surface area (Å²) >= 11 is 0. The Hall–Kier alpha value is -2.28. The predicted molar refractivity (Wildman–Crippen MR) is 89.9 cm³/mol. The fourth-order valence-electron chi connectivity index (χ4n) is 2.60. The minimum Gasteiger partial charge on any atom is -0.493 e. The number of hydrogen-bond donors (Lipinski definition) is 3. The lowest BCUT2D eigenvalue weighted by molar-refractivity contribution is -0.121. The summed E-state index contributed by atoms with van der Waals surface area (Å²) in [5.41, 5.74) is 0.965. The summed E-state index contributed by atoms with van der Waals surface area (Å²) in [7, 11) is 1.58. The first-order valence-electron chi connectivity index (χ1n) is 8.18. The zero-order chi connectivity index (χ0) is 17.4. The summed E-state index contributed by atoms with van der Waals surface area (Å²) in [6.45, 7) is 2.88. The molecule has 3 N–H and O–H groups in total. The molecule has 24 heavy (non-hydrogen) atoms. The maximum Gasteiger partial charge on any atom is 0.315 e. The number of benzene rings is 1. The Bertz CT molecular complexity index is 565. The van der Waals surface area contributed by atoms with E-state index < -0.39 is 0 Å². The van der Waals surface area contributed by atoms with Gasteiger partial charge >= 0.3 is 6.03 Å². The lowest BCUT2D eigenvalue weighted by Crippen LogP contribution is -2.47. The van der Waals surface area contributed by atoms with Gasteiger partial charge in [0, 0.05) is 19.1 Å². The van der Waals surface area contributed by atoms with Gasteiger partial charge in [-0.3, -0.25) is 4.79 Å². The Kier molecular flexibility index (Phi) is 6.87. The summed E-state index contributed by atoms with van der Waals surface area (Å²) < 4.78 is 10.6. The first-order valence-corrected chi connectivity index (χ1v) is 8.18. The molecular formula is C17H25N3O4. The van der Waals surface area contributed by atoms with Gasteiger partial charge in [-0.05, 0) is 12.5 Å². The van der Waals surface area contributed by atoms with Gasteiger partial charge in [0.1, 0.15) is 5.75 Å². The van der Waals surface area contributed by atoms with Crippen LogP contribution in [0, 0.1) is 0 Å². The van der Waals surface area contributed by atoms with E-state index in [4.69, 9.17) is 9.47 Å². The number of carbonyl (C=O) groups excluding carboxylic acids is 2. The van der Waals surface area contributed by atoms with Gasteiger partial charge in [0.05, 0.1) is 31.8 Å². The van der Waals surface area contributed by atoms with Crippen LogP contribution in [0.2, 0.25) is 0 Å². The Morgan fingerprint density at radius 3 is 2.92 bits per heavy atom. The summed E-state index contributed by atoms with van der Waals surface area (Å²) in [5.74, 6) is 0.566. The zero-order valence-corrected chi connectivity index (χ0v) is 14.1. The van der Waals surface area contributed by atoms with Crippen molar-refractivity contribution in [1.82, 2.24) is 16.0 Å². The predicted octanol–water partition coefficient (Wildman–Crippen LogP) is 1.35. The summed E-state index contributed by atoms with van der Waals surface area (Å²) in [4.78, 5) is 23.9. The molecule has 0 saturated carbocycles. The van der Waals surface area contributed by atoms with E-state index in [-0.39, 0.29) is 30.6 Å². The molecule has 1 aliphatic heterocycles. The van der Waals surface area contributed by atoms with Crippen molar-refractivity contribution >= 4 is 11.9 Å². The molecule has 0 aromatic heterocycles. The van der Waals surface area contributed by atoms with Crippen LogP contribution < -0.4 is 20.7 Å². The minimum atomic E-state index is -0.374. The molecule has 0 unspecified atom stereocenters. The molecule has 3 amide bonds. The molecular weight excluding hydrogens is 310 g/mol. The van der Waals surface area contributed by atoms with Gasteiger partial charge in [0.25, 0.3) is 0 Å². The fourth-order valence-corrected chi connectivity index (χ4v) is 2.60. The molecule has 1 aliphatic rings. The standard InChI is InChI=1S/C17H25N3O4/c1-3-12(11-23-2)19-17(22)18-10-16(21)20-14-8-9-24-15-7-5-4-6-13(14)15/h4-7,12,14H,3,8-11H2,1-2H3,(H,20,21)(H2,18,19,22)/t12-,14+/m0/s1. The molecule has 0 radical (unpaired) electrons. The number of urea groups is 1. The maximum atomic E-state index is 12.1. The van der Waals surface area contributed by atoms with E-state index in [9.17, 15) is 9.59 Å². The van der Waals surface area contributed by atoms with Crippen molar-refractivity contribution in [3.05, 3.63) is 29.8 Å². The second-order valence-electron chi connectivity index (χ2n) is 5.68. The quantitative estimate of drug-likeness (QED) is 0.702. The third-order valence-electron chi connectivity index (χ3n) is 3.90. The summed E-state index contributed by atoms with van der Waals surface area (Å²) in [6, 6.07) is 7.11. The second kappa shape index (κ2) is 9.12. The van der Waals surface area contributed by atoms with Crippen molar-refractivity contribution < 1.29 is 19.1 Å². The minimum absolute atomic E-state index is 0.0690. The molecule has 0 aliphatic carbocycles. The molecule has 2 atom stereocenters. The van der Waals surface area contributed by atoms with Crippen molar-refractivity contribution in [3.8, 4) is 5.75 Å². The van der Waals surface area contributed by atoms with Gasteiger partial charge in [0.15, 0.2) is 0 Å². The topological polar surface area (TPSA) is 88.7 Å². The highest BCUT2D eigenvalue weighted by atomic mass is 16.5. The van der Waals surface area contributed by atoms with Crippen LogP contribution in [0.25, 0.3) is 0 Å². The molecule has 0 bridgehead atoms. The van der Waals surface area contributed by atoms with E-state index >= 15 is 0 Å². The molecule has 0 saturated heterocycles. The Morgan fingerprint density at radius 1 is 1.38 bits per heavy atom. The number of carbonyl (C=O) groups is 2. The summed E-state index contributed by atoms with van der Waals surface area (Å²) in [5, 5.41) is 8.27. The van der Waals surface area contributed by atoms with E-state index in [0.29, 0.717) is 19.6 Å². The molecule has 7 heteroatoms. The van der Waals surface area contributed by atoms with Crippen molar-refractivity contribution in [2.75, 3.05) is 26.9 Å². The van der Waals surface area contributed by atoms with E-state index in [1.165, 1.54) is 0 Å². The van der Waals surface area contributed by atoms with Gasteiger partial charge in [-0.25, -0.2) is 4.79 Å². The van der Waals surface area contributed by atoms with Gasteiger partial charge in [-0.15, -0.1) is 0 Å². The van der Waals surface area contributed by atoms with Gasteiger partial charge in [0.2, 0.25) is 5.91 Å². The third kappa shape index (κ3) is 5.13. The van der Waals surface area contributed by atoms with E-state index in [1.807, 2.05) is 31.2 Å². The number of hydrogen-bond acceptors (Lipinski definition) is 4. The van der Waals surface area contributed by atoms with Crippen molar-refractivity contribution in [1.29, 1.82) is 0 Å². The number of methoxy groups -OCH3 is 1. The average Bonchev–Trinajstić information content (AvgIpc) is 2.60.